The molecule has 0 N–H and O–H groups in total. The Kier molecular flexibility index (Phi) is 5.15. The Morgan fingerprint density at radius 2 is 1.88 bits per heavy atom. The molecule has 17 heavy (non-hydrogen) atoms. The highest BCUT2D eigenvalue weighted by Crippen LogP contribution is 2.21. The minimum Gasteiger partial charge on any atom is -0.270 e. The Balaban J connectivity index is 2.88. The van der Waals surface area contributed by atoms with E-state index in [1.54, 1.807) is 0 Å². The molecular formula is C13H20O3S. The van der Waals surface area contributed by atoms with Gasteiger partial charge < -0.3 is 0 Å². The molecule has 0 radical (unpaired) electrons. The maximum atomic E-state index is 11.7. The minimum absolute atomic E-state index is 0.0403. The van der Waals surface area contributed by atoms with Crippen LogP contribution in [0.5, 0.6) is 0 Å². The fourth-order valence-corrected chi connectivity index (χ4v) is 2.82. The van der Waals surface area contributed by atoms with Crippen molar-refractivity contribution < 1.29 is 12.6 Å². The molecule has 0 aliphatic carbocycles. The second-order valence-corrected chi connectivity index (χ2v) is 6.02. The van der Waals surface area contributed by atoms with Gasteiger partial charge in [-0.25, -0.2) is 0 Å². The zero-order valence-electron chi connectivity index (χ0n) is 10.6. The summed E-state index contributed by atoms with van der Waals surface area (Å²) in [7, 11) is -3.45. The Morgan fingerprint density at radius 3 is 2.47 bits per heavy atom. The summed E-state index contributed by atoms with van der Waals surface area (Å²) in [5.41, 5.74) is 1.90. The van der Waals surface area contributed by atoms with Gasteiger partial charge in [0.2, 0.25) is 0 Å². The molecule has 0 spiro atoms. The summed E-state index contributed by atoms with van der Waals surface area (Å²) in [6.45, 7) is 6.25. The second kappa shape index (κ2) is 6.17. The van der Waals surface area contributed by atoms with Gasteiger partial charge in [0.25, 0.3) is 10.1 Å². The van der Waals surface area contributed by atoms with E-state index in [2.05, 4.69) is 13.8 Å². The van der Waals surface area contributed by atoms with E-state index in [0.717, 1.165) is 11.1 Å². The smallest absolute Gasteiger partial charge is 0.270 e. The number of hydrogen-bond acceptors (Lipinski definition) is 3. The normalized spacial score (nSPS) is 12.0. The van der Waals surface area contributed by atoms with Gasteiger partial charge in [-0.05, 0) is 23.5 Å². The topological polar surface area (TPSA) is 43.4 Å². The molecule has 0 bridgehead atoms. The van der Waals surface area contributed by atoms with E-state index in [4.69, 9.17) is 4.18 Å². The first-order valence-electron chi connectivity index (χ1n) is 5.91. The molecule has 96 valence electrons. The summed E-state index contributed by atoms with van der Waals surface area (Å²) in [6.07, 6.45) is 0.699. The Morgan fingerprint density at radius 1 is 1.24 bits per heavy atom. The van der Waals surface area contributed by atoms with E-state index in [0.29, 0.717) is 12.3 Å². The largest absolute Gasteiger partial charge is 0.271 e. The summed E-state index contributed by atoms with van der Waals surface area (Å²) in [6, 6.07) is 7.60. The van der Waals surface area contributed by atoms with Gasteiger partial charge >= 0.3 is 0 Å². The van der Waals surface area contributed by atoms with E-state index in [-0.39, 0.29) is 12.4 Å². The summed E-state index contributed by atoms with van der Waals surface area (Å²) in [5, 5.41) is 0. The average molecular weight is 256 g/mol. The second-order valence-electron chi connectivity index (χ2n) is 4.38. The molecule has 1 rings (SSSR count). The fraction of sp³-hybridized carbons (Fsp3) is 0.538. The van der Waals surface area contributed by atoms with Crippen molar-refractivity contribution in [2.24, 2.45) is 0 Å². The van der Waals surface area contributed by atoms with E-state index >= 15 is 0 Å². The Bertz CT molecular complexity index is 449. The van der Waals surface area contributed by atoms with Crippen LogP contribution >= 0.6 is 0 Å². The number of hydrogen-bond donors (Lipinski definition) is 0. The van der Waals surface area contributed by atoms with E-state index < -0.39 is 10.1 Å². The molecule has 1 aromatic rings. The molecule has 4 heteroatoms. The molecule has 0 unspecified atom stereocenters. The first-order chi connectivity index (χ1) is 7.96. The van der Waals surface area contributed by atoms with Crippen molar-refractivity contribution in [3.8, 4) is 0 Å². The molecule has 0 amide bonds. The lowest BCUT2D eigenvalue weighted by molar-refractivity contribution is 0.317. The average Bonchev–Trinajstić information content (AvgIpc) is 2.26. The lowest BCUT2D eigenvalue weighted by Gasteiger charge is -2.12. The van der Waals surface area contributed by atoms with Gasteiger partial charge in [0.15, 0.2) is 0 Å². The van der Waals surface area contributed by atoms with Gasteiger partial charge in [0.1, 0.15) is 5.75 Å². The summed E-state index contributed by atoms with van der Waals surface area (Å²) in [4.78, 5) is 0. The zero-order chi connectivity index (χ0) is 12.9. The predicted octanol–water partition coefficient (Wildman–Crippen LogP) is 3.07. The maximum Gasteiger partial charge on any atom is 0.271 e. The van der Waals surface area contributed by atoms with Gasteiger partial charge in [-0.2, -0.15) is 8.42 Å². The lowest BCUT2D eigenvalue weighted by Crippen LogP contribution is -2.11. The van der Waals surface area contributed by atoms with Crippen LogP contribution in [0.1, 0.15) is 44.2 Å². The molecular weight excluding hydrogens is 236 g/mol. The van der Waals surface area contributed by atoms with Gasteiger partial charge in [-0.1, -0.05) is 45.0 Å². The van der Waals surface area contributed by atoms with Crippen molar-refractivity contribution in [2.75, 3.05) is 6.61 Å². The fourth-order valence-electron chi connectivity index (χ4n) is 1.67. The summed E-state index contributed by atoms with van der Waals surface area (Å²) in [5.74, 6) is 0.272. The molecule has 0 heterocycles. The van der Waals surface area contributed by atoms with Crippen LogP contribution in [0.2, 0.25) is 0 Å². The van der Waals surface area contributed by atoms with Crippen LogP contribution in [0, 0.1) is 0 Å². The minimum atomic E-state index is -3.45. The van der Waals surface area contributed by atoms with Crippen LogP contribution in [0.4, 0.5) is 0 Å². The van der Waals surface area contributed by atoms with Crippen molar-refractivity contribution in [1.29, 1.82) is 0 Å². The predicted molar refractivity (Wildman–Crippen MR) is 69.4 cm³/mol. The first kappa shape index (κ1) is 14.2. The maximum absolute atomic E-state index is 11.7. The van der Waals surface area contributed by atoms with Crippen LogP contribution in [-0.4, -0.2) is 15.0 Å². The summed E-state index contributed by atoms with van der Waals surface area (Å²) >= 11 is 0. The van der Waals surface area contributed by atoms with Crippen LogP contribution in [0.25, 0.3) is 0 Å². The van der Waals surface area contributed by atoms with Crippen molar-refractivity contribution in [3.63, 3.8) is 0 Å². The van der Waals surface area contributed by atoms with Crippen LogP contribution in [0.15, 0.2) is 24.3 Å². The van der Waals surface area contributed by atoms with Crippen LogP contribution in [-0.2, 0) is 20.1 Å². The third-order valence-electron chi connectivity index (χ3n) is 2.48. The molecule has 0 aromatic heterocycles. The molecule has 3 nitrogen and oxygen atoms in total. The van der Waals surface area contributed by atoms with Crippen molar-refractivity contribution in [2.45, 2.75) is 38.9 Å². The Labute approximate surface area is 104 Å². The lowest BCUT2D eigenvalue weighted by atomic mass is 9.98. The van der Waals surface area contributed by atoms with E-state index in [1.165, 1.54) is 0 Å². The quantitative estimate of drug-likeness (QED) is 0.735. The third-order valence-corrected chi connectivity index (χ3v) is 3.67. The van der Waals surface area contributed by atoms with Crippen molar-refractivity contribution in [1.82, 2.24) is 0 Å². The number of rotatable bonds is 6. The van der Waals surface area contributed by atoms with E-state index in [9.17, 15) is 8.42 Å². The molecule has 0 aliphatic heterocycles. The van der Waals surface area contributed by atoms with Crippen molar-refractivity contribution in [3.05, 3.63) is 35.4 Å². The molecule has 0 atom stereocenters. The molecule has 0 aliphatic rings. The highest BCUT2D eigenvalue weighted by atomic mass is 32.2. The van der Waals surface area contributed by atoms with Crippen LogP contribution in [0.3, 0.4) is 0 Å². The standard InChI is InChI=1S/C13H20O3S/c1-4-9-16-17(14,15)10-12-7-5-6-8-13(12)11(2)3/h5-8,11H,4,9-10H2,1-3H3. The number of benzene rings is 1. The first-order valence-corrected chi connectivity index (χ1v) is 7.49. The highest BCUT2D eigenvalue weighted by Gasteiger charge is 2.15. The van der Waals surface area contributed by atoms with Gasteiger partial charge in [-0.15, -0.1) is 0 Å². The van der Waals surface area contributed by atoms with Crippen molar-refractivity contribution >= 4 is 10.1 Å². The zero-order valence-corrected chi connectivity index (χ0v) is 11.5. The molecule has 1 aromatic carbocycles. The van der Waals surface area contributed by atoms with Gasteiger partial charge in [0, 0.05) is 0 Å². The molecule has 0 saturated heterocycles. The Hall–Kier alpha value is -0.870. The van der Waals surface area contributed by atoms with Crippen LogP contribution < -0.4 is 0 Å². The molecule has 0 saturated carbocycles. The van der Waals surface area contributed by atoms with Gasteiger partial charge in [-0.3, -0.25) is 4.18 Å². The monoisotopic (exact) mass is 256 g/mol. The third kappa shape index (κ3) is 4.48. The molecule has 0 fully saturated rings. The highest BCUT2D eigenvalue weighted by molar-refractivity contribution is 7.85. The van der Waals surface area contributed by atoms with Gasteiger partial charge in [0.05, 0.1) is 6.61 Å². The SMILES string of the molecule is CCCOS(=O)(=O)Cc1ccccc1C(C)C. The van der Waals surface area contributed by atoms with E-state index in [1.807, 2.05) is 31.2 Å². The summed E-state index contributed by atoms with van der Waals surface area (Å²) < 4.78 is 28.3.